The van der Waals surface area contributed by atoms with Crippen molar-refractivity contribution < 1.29 is 9.59 Å². The molecule has 1 atom stereocenters. The smallest absolute Gasteiger partial charge is 0.239 e. The van der Waals surface area contributed by atoms with E-state index in [1.807, 2.05) is 51.2 Å². The molecule has 2 aromatic rings. The van der Waals surface area contributed by atoms with Crippen LogP contribution in [0.25, 0.3) is 10.9 Å². The topological polar surface area (TPSA) is 100 Å². The number of nitrogens with one attached hydrogen (secondary N) is 3. The van der Waals surface area contributed by atoms with Crippen LogP contribution in [0, 0.1) is 0 Å². The van der Waals surface area contributed by atoms with Gasteiger partial charge in [-0.2, -0.15) is 0 Å². The maximum atomic E-state index is 12.0. The van der Waals surface area contributed by atoms with Crippen molar-refractivity contribution >= 4 is 35.1 Å². The van der Waals surface area contributed by atoms with Gasteiger partial charge in [-0.1, -0.05) is 18.2 Å². The van der Waals surface area contributed by atoms with Crippen LogP contribution in [-0.2, 0) is 16.0 Å². The Balaban J connectivity index is 0.00000288. The van der Waals surface area contributed by atoms with Gasteiger partial charge in [-0.15, -0.1) is 12.4 Å². The summed E-state index contributed by atoms with van der Waals surface area (Å²) >= 11 is 0. The van der Waals surface area contributed by atoms with Gasteiger partial charge in [0.25, 0.3) is 0 Å². The second-order valence-corrected chi connectivity index (χ2v) is 6.69. The number of rotatable bonds is 5. The molecule has 24 heavy (non-hydrogen) atoms. The maximum Gasteiger partial charge on any atom is 0.239 e. The molecule has 2 amide bonds. The minimum absolute atomic E-state index is 0. The summed E-state index contributed by atoms with van der Waals surface area (Å²) in [6, 6.07) is 7.16. The molecule has 0 radical (unpaired) electrons. The number of carbonyl (C=O) groups excluding carboxylic acids is 2. The van der Waals surface area contributed by atoms with Gasteiger partial charge < -0.3 is 21.4 Å². The lowest BCUT2D eigenvalue weighted by atomic mass is 10.1. The van der Waals surface area contributed by atoms with E-state index in [0.717, 1.165) is 16.5 Å². The lowest BCUT2D eigenvalue weighted by molar-refractivity contribution is -0.127. The van der Waals surface area contributed by atoms with E-state index in [4.69, 9.17) is 5.73 Å². The summed E-state index contributed by atoms with van der Waals surface area (Å²) in [6.07, 6.45) is 2.28. The number of aromatic nitrogens is 1. The second-order valence-electron chi connectivity index (χ2n) is 6.69. The lowest BCUT2D eigenvalue weighted by Gasteiger charge is -2.21. The number of para-hydroxylation sites is 1. The summed E-state index contributed by atoms with van der Waals surface area (Å²) in [7, 11) is 0. The number of hydrogen-bond acceptors (Lipinski definition) is 3. The van der Waals surface area contributed by atoms with Gasteiger partial charge in [0.15, 0.2) is 0 Å². The number of amides is 2. The molecule has 0 fully saturated rings. The highest BCUT2D eigenvalue weighted by Gasteiger charge is 2.18. The molecule has 0 aliphatic heterocycles. The molecule has 0 bridgehead atoms. The second kappa shape index (κ2) is 8.17. The third-order valence-corrected chi connectivity index (χ3v) is 3.39. The van der Waals surface area contributed by atoms with E-state index in [1.165, 1.54) is 0 Å². The number of nitrogens with two attached hydrogens (primary N) is 1. The van der Waals surface area contributed by atoms with Gasteiger partial charge in [-0.25, -0.2) is 0 Å². The summed E-state index contributed by atoms with van der Waals surface area (Å²) < 4.78 is 0. The fourth-order valence-corrected chi connectivity index (χ4v) is 2.39. The number of carbonyl (C=O) groups is 2. The summed E-state index contributed by atoms with van der Waals surface area (Å²) in [6.45, 7) is 5.58. The van der Waals surface area contributed by atoms with Crippen molar-refractivity contribution in [1.29, 1.82) is 0 Å². The molecule has 1 aromatic heterocycles. The molecule has 132 valence electrons. The van der Waals surface area contributed by atoms with Gasteiger partial charge in [0.2, 0.25) is 11.8 Å². The molecule has 0 saturated heterocycles. The molecule has 1 heterocycles. The number of halogens is 1. The van der Waals surface area contributed by atoms with Crippen LogP contribution in [0.1, 0.15) is 26.3 Å². The van der Waals surface area contributed by atoms with Gasteiger partial charge >= 0.3 is 0 Å². The first-order chi connectivity index (χ1) is 10.8. The van der Waals surface area contributed by atoms with Gasteiger partial charge in [-0.05, 0) is 38.8 Å². The van der Waals surface area contributed by atoms with Crippen LogP contribution in [0.5, 0.6) is 0 Å². The zero-order chi connectivity index (χ0) is 17.0. The number of aromatic amines is 1. The molecule has 0 saturated carbocycles. The number of benzene rings is 1. The normalized spacial score (nSPS) is 12.3. The number of fused-ring (bicyclic) bond motifs is 1. The van der Waals surface area contributed by atoms with E-state index in [0.29, 0.717) is 6.42 Å². The quantitative estimate of drug-likeness (QED) is 0.656. The van der Waals surface area contributed by atoms with E-state index < -0.39 is 6.04 Å². The molecule has 2 rings (SSSR count). The molecule has 0 spiro atoms. The zero-order valence-electron chi connectivity index (χ0n) is 14.2. The summed E-state index contributed by atoms with van der Waals surface area (Å²) in [5.74, 6) is -0.565. The Hall–Kier alpha value is -2.05. The van der Waals surface area contributed by atoms with E-state index in [1.54, 1.807) is 0 Å². The molecule has 0 unspecified atom stereocenters. The third-order valence-electron chi connectivity index (χ3n) is 3.39. The average molecular weight is 353 g/mol. The van der Waals surface area contributed by atoms with Crippen LogP contribution in [-0.4, -0.2) is 34.9 Å². The minimum Gasteiger partial charge on any atom is -0.361 e. The monoisotopic (exact) mass is 352 g/mol. The van der Waals surface area contributed by atoms with Crippen LogP contribution in [0.15, 0.2) is 30.5 Å². The first-order valence-electron chi connectivity index (χ1n) is 7.65. The Morgan fingerprint density at radius 1 is 1.25 bits per heavy atom. The van der Waals surface area contributed by atoms with E-state index in [2.05, 4.69) is 15.6 Å². The highest BCUT2D eigenvalue weighted by atomic mass is 35.5. The molecule has 5 N–H and O–H groups in total. The first-order valence-corrected chi connectivity index (χ1v) is 7.65. The van der Waals surface area contributed by atoms with Crippen LogP contribution >= 0.6 is 12.4 Å². The third kappa shape index (κ3) is 5.54. The van der Waals surface area contributed by atoms with Crippen molar-refractivity contribution in [3.05, 3.63) is 36.0 Å². The van der Waals surface area contributed by atoms with Crippen molar-refractivity contribution in [2.24, 2.45) is 5.73 Å². The van der Waals surface area contributed by atoms with Gasteiger partial charge in [-0.3, -0.25) is 9.59 Å². The van der Waals surface area contributed by atoms with Crippen LogP contribution in [0.2, 0.25) is 0 Å². The van der Waals surface area contributed by atoms with Crippen molar-refractivity contribution in [3.8, 4) is 0 Å². The Labute approximate surface area is 148 Å². The zero-order valence-corrected chi connectivity index (χ0v) is 15.0. The molecule has 1 aromatic carbocycles. The molecular weight excluding hydrogens is 328 g/mol. The Morgan fingerprint density at radius 3 is 2.58 bits per heavy atom. The SMILES string of the molecule is CC(C)(C)NC(=O)CNC(=O)[C@@H](N)Cc1c[nH]c2ccccc12.Cl. The van der Waals surface area contributed by atoms with Crippen molar-refractivity contribution in [2.75, 3.05) is 6.54 Å². The van der Waals surface area contributed by atoms with E-state index >= 15 is 0 Å². The largest absolute Gasteiger partial charge is 0.361 e. The average Bonchev–Trinajstić information content (AvgIpc) is 2.86. The molecule has 0 aliphatic rings. The molecule has 6 nitrogen and oxygen atoms in total. The standard InChI is InChI=1S/C17H24N4O2.ClH/c1-17(2,3)21-15(22)10-20-16(23)13(18)8-11-9-19-14-7-5-4-6-12(11)14;/h4-7,9,13,19H,8,10,18H2,1-3H3,(H,20,23)(H,21,22);1H/t13-;/m0./s1. The molecule has 0 aliphatic carbocycles. The fourth-order valence-electron chi connectivity index (χ4n) is 2.39. The van der Waals surface area contributed by atoms with Crippen molar-refractivity contribution in [1.82, 2.24) is 15.6 Å². The highest BCUT2D eigenvalue weighted by Crippen LogP contribution is 2.18. The minimum atomic E-state index is -0.698. The maximum absolute atomic E-state index is 12.0. The summed E-state index contributed by atoms with van der Waals surface area (Å²) in [4.78, 5) is 26.9. The van der Waals surface area contributed by atoms with Crippen molar-refractivity contribution in [3.63, 3.8) is 0 Å². The van der Waals surface area contributed by atoms with Gasteiger partial charge in [0.05, 0.1) is 12.6 Å². The molecule has 7 heteroatoms. The van der Waals surface area contributed by atoms with Crippen molar-refractivity contribution in [2.45, 2.75) is 38.8 Å². The predicted molar refractivity (Wildman–Crippen MR) is 98.1 cm³/mol. The van der Waals surface area contributed by atoms with Gasteiger partial charge in [0, 0.05) is 22.6 Å². The van der Waals surface area contributed by atoms with Crippen LogP contribution in [0.3, 0.4) is 0 Å². The van der Waals surface area contributed by atoms with Crippen LogP contribution < -0.4 is 16.4 Å². The summed E-state index contributed by atoms with van der Waals surface area (Å²) in [5.41, 5.74) is 7.63. The van der Waals surface area contributed by atoms with E-state index in [9.17, 15) is 9.59 Å². The molecular formula is C17H25ClN4O2. The number of hydrogen-bond donors (Lipinski definition) is 4. The Kier molecular flexibility index (Phi) is 6.81. The highest BCUT2D eigenvalue weighted by molar-refractivity contribution is 5.89. The number of H-pyrrole nitrogens is 1. The van der Waals surface area contributed by atoms with Crippen LogP contribution in [0.4, 0.5) is 0 Å². The Bertz CT molecular complexity index is 706. The predicted octanol–water partition coefficient (Wildman–Crippen LogP) is 1.49. The Morgan fingerprint density at radius 2 is 1.92 bits per heavy atom. The first kappa shape index (κ1) is 20.0. The fraction of sp³-hybridized carbons (Fsp3) is 0.412. The van der Waals surface area contributed by atoms with Gasteiger partial charge in [0.1, 0.15) is 0 Å². The summed E-state index contributed by atoms with van der Waals surface area (Å²) in [5, 5.41) is 6.42. The van der Waals surface area contributed by atoms with E-state index in [-0.39, 0.29) is 36.3 Å². The lowest BCUT2D eigenvalue weighted by Crippen LogP contribution is -2.49.